The van der Waals surface area contributed by atoms with E-state index in [2.05, 4.69) is 22.5 Å². The Kier molecular flexibility index (Phi) is 18.9. The molecule has 1 saturated heterocycles. The van der Waals surface area contributed by atoms with E-state index in [9.17, 15) is 9.59 Å². The largest absolute Gasteiger partial charge is 0.449 e. The molecule has 39 heavy (non-hydrogen) atoms. The number of rotatable bonds is 22. The van der Waals surface area contributed by atoms with Gasteiger partial charge in [-0.25, -0.2) is 9.59 Å². The lowest BCUT2D eigenvalue weighted by Gasteiger charge is -2.12. The summed E-state index contributed by atoms with van der Waals surface area (Å²) in [6.45, 7) is 4.23. The van der Waals surface area contributed by atoms with E-state index in [4.69, 9.17) is 14.2 Å². The van der Waals surface area contributed by atoms with Crippen molar-refractivity contribution in [3.63, 3.8) is 0 Å². The summed E-state index contributed by atoms with van der Waals surface area (Å²) < 4.78 is 16.3. The molecule has 8 heteroatoms. The molecule has 2 rings (SSSR count). The Balaban J connectivity index is 1.33. The first-order chi connectivity index (χ1) is 19.2. The van der Waals surface area contributed by atoms with Gasteiger partial charge in [-0.1, -0.05) is 103 Å². The van der Waals surface area contributed by atoms with Gasteiger partial charge >= 0.3 is 12.2 Å². The first-order valence-electron chi connectivity index (χ1n) is 15.5. The number of alkyl carbamates (subject to hydrolysis) is 2. The topological polar surface area (TPSA) is 98.8 Å². The van der Waals surface area contributed by atoms with Crippen LogP contribution in [0.25, 0.3) is 0 Å². The molecule has 1 aliphatic heterocycles. The van der Waals surface area contributed by atoms with Gasteiger partial charge in [0.2, 0.25) is 0 Å². The van der Waals surface area contributed by atoms with Gasteiger partial charge in [0.05, 0.1) is 31.6 Å². The van der Waals surface area contributed by atoms with E-state index in [0.29, 0.717) is 32.7 Å². The van der Waals surface area contributed by atoms with Crippen LogP contribution in [0.5, 0.6) is 0 Å². The molecule has 0 bridgehead atoms. The van der Waals surface area contributed by atoms with E-state index in [1.807, 2.05) is 18.2 Å². The van der Waals surface area contributed by atoms with Crippen molar-refractivity contribution in [2.24, 2.45) is 5.92 Å². The van der Waals surface area contributed by atoms with E-state index >= 15 is 0 Å². The third kappa shape index (κ3) is 17.8. The summed E-state index contributed by atoms with van der Waals surface area (Å²) in [6, 6.07) is 5.53. The molecule has 8 nitrogen and oxygen atoms in total. The summed E-state index contributed by atoms with van der Waals surface area (Å²) in [6.07, 6.45) is 21.3. The van der Waals surface area contributed by atoms with Crippen LogP contribution in [0.1, 0.15) is 115 Å². The maximum absolute atomic E-state index is 12.0. The van der Waals surface area contributed by atoms with Gasteiger partial charge in [0.1, 0.15) is 6.61 Å². The van der Waals surface area contributed by atoms with Crippen LogP contribution in [0.3, 0.4) is 0 Å². The highest BCUT2D eigenvalue weighted by atomic mass is 16.6. The SMILES string of the molecule is CCCCCCCCCCCCCCCCCNC(=O)OCC1COC(COC(=O)NCc2ccccn2)C1. The average Bonchev–Trinajstić information content (AvgIpc) is 3.42. The highest BCUT2D eigenvalue weighted by Gasteiger charge is 2.27. The van der Waals surface area contributed by atoms with Gasteiger partial charge in [0.25, 0.3) is 0 Å². The smallest absolute Gasteiger partial charge is 0.407 e. The molecular formula is C31H53N3O5. The number of nitrogens with one attached hydrogen (secondary N) is 2. The first-order valence-corrected chi connectivity index (χ1v) is 15.5. The van der Waals surface area contributed by atoms with Crippen molar-refractivity contribution in [1.82, 2.24) is 15.6 Å². The van der Waals surface area contributed by atoms with Crippen LogP contribution in [-0.4, -0.2) is 49.6 Å². The Morgan fingerprint density at radius 2 is 1.41 bits per heavy atom. The minimum atomic E-state index is -0.498. The fourth-order valence-corrected chi connectivity index (χ4v) is 4.83. The minimum Gasteiger partial charge on any atom is -0.449 e. The van der Waals surface area contributed by atoms with Crippen LogP contribution in [0.2, 0.25) is 0 Å². The lowest BCUT2D eigenvalue weighted by Crippen LogP contribution is -2.28. The van der Waals surface area contributed by atoms with Gasteiger partial charge in [0, 0.05) is 18.7 Å². The van der Waals surface area contributed by atoms with Crippen LogP contribution in [0, 0.1) is 5.92 Å². The van der Waals surface area contributed by atoms with Crippen molar-refractivity contribution >= 4 is 12.2 Å². The molecule has 2 N–H and O–H groups in total. The molecule has 2 unspecified atom stereocenters. The fourth-order valence-electron chi connectivity index (χ4n) is 4.83. The third-order valence-electron chi connectivity index (χ3n) is 7.20. The van der Waals surface area contributed by atoms with Gasteiger partial charge in [-0.3, -0.25) is 4.98 Å². The summed E-state index contributed by atoms with van der Waals surface area (Å²) in [7, 11) is 0. The maximum Gasteiger partial charge on any atom is 0.407 e. The van der Waals surface area contributed by atoms with E-state index in [0.717, 1.165) is 18.5 Å². The lowest BCUT2D eigenvalue weighted by molar-refractivity contribution is 0.0410. The normalized spacial score (nSPS) is 16.6. The molecular weight excluding hydrogens is 494 g/mol. The second kappa shape index (κ2) is 22.5. The van der Waals surface area contributed by atoms with Crippen molar-refractivity contribution in [1.29, 1.82) is 0 Å². The molecule has 0 aromatic carbocycles. The zero-order chi connectivity index (χ0) is 27.8. The van der Waals surface area contributed by atoms with Crippen molar-refractivity contribution in [2.45, 2.75) is 122 Å². The number of hydrogen-bond donors (Lipinski definition) is 2. The standard InChI is InChI=1S/C31H53N3O5/c1-2-3-4-5-6-7-8-9-10-11-12-13-14-15-17-21-33-30(35)38-25-27-22-29(37-24-27)26-39-31(36)34-23-28-19-16-18-20-32-28/h16,18-20,27,29H,2-15,17,21-26H2,1H3,(H,33,35)(H,34,36). The quantitative estimate of drug-likeness (QED) is 0.148. The van der Waals surface area contributed by atoms with Gasteiger partial charge in [0.15, 0.2) is 0 Å². The highest BCUT2D eigenvalue weighted by Crippen LogP contribution is 2.20. The zero-order valence-electron chi connectivity index (χ0n) is 24.3. The number of carbonyl (C=O) groups is 2. The first kappa shape index (κ1) is 32.9. The summed E-state index contributed by atoms with van der Waals surface area (Å²) in [5.74, 6) is 0.117. The number of unbranched alkanes of at least 4 members (excludes halogenated alkanes) is 14. The molecule has 2 heterocycles. The van der Waals surface area contributed by atoms with E-state index in [-0.39, 0.29) is 24.7 Å². The molecule has 2 amide bonds. The third-order valence-corrected chi connectivity index (χ3v) is 7.20. The van der Waals surface area contributed by atoms with Crippen molar-refractivity contribution in [2.75, 3.05) is 26.4 Å². The minimum absolute atomic E-state index is 0.117. The molecule has 1 fully saturated rings. The van der Waals surface area contributed by atoms with Crippen LogP contribution in [0.15, 0.2) is 24.4 Å². The number of carbonyl (C=O) groups excluding carboxylic acids is 2. The molecule has 0 aliphatic carbocycles. The predicted octanol–water partition coefficient (Wildman–Crippen LogP) is 7.31. The van der Waals surface area contributed by atoms with Crippen molar-refractivity contribution in [3.05, 3.63) is 30.1 Å². The molecule has 1 aromatic rings. The number of aromatic nitrogens is 1. The van der Waals surface area contributed by atoms with Gasteiger partial charge in [-0.2, -0.15) is 0 Å². The molecule has 222 valence electrons. The number of nitrogens with zero attached hydrogens (tertiary/aromatic N) is 1. The second-order valence-electron chi connectivity index (χ2n) is 10.8. The van der Waals surface area contributed by atoms with Gasteiger partial charge in [-0.15, -0.1) is 0 Å². The molecule has 2 atom stereocenters. The Morgan fingerprint density at radius 1 is 0.821 bits per heavy atom. The monoisotopic (exact) mass is 547 g/mol. The number of hydrogen-bond acceptors (Lipinski definition) is 6. The van der Waals surface area contributed by atoms with Crippen LogP contribution >= 0.6 is 0 Å². The van der Waals surface area contributed by atoms with E-state index < -0.39 is 6.09 Å². The van der Waals surface area contributed by atoms with E-state index in [1.54, 1.807) is 6.20 Å². The number of pyridine rings is 1. The van der Waals surface area contributed by atoms with E-state index in [1.165, 1.54) is 83.5 Å². The molecule has 0 spiro atoms. The summed E-state index contributed by atoms with van der Waals surface area (Å²) in [5, 5.41) is 5.52. The predicted molar refractivity (Wildman–Crippen MR) is 155 cm³/mol. The summed E-state index contributed by atoms with van der Waals surface area (Å²) >= 11 is 0. The molecule has 0 saturated carbocycles. The van der Waals surface area contributed by atoms with Crippen LogP contribution < -0.4 is 10.6 Å². The van der Waals surface area contributed by atoms with Crippen LogP contribution in [0.4, 0.5) is 9.59 Å². The van der Waals surface area contributed by atoms with Gasteiger partial charge in [-0.05, 0) is 25.0 Å². The van der Waals surface area contributed by atoms with Gasteiger partial charge < -0.3 is 24.8 Å². The fraction of sp³-hybridized carbons (Fsp3) is 0.774. The van der Waals surface area contributed by atoms with Crippen LogP contribution in [-0.2, 0) is 20.8 Å². The molecule has 0 radical (unpaired) electrons. The number of ether oxygens (including phenoxy) is 3. The average molecular weight is 548 g/mol. The number of amides is 2. The Labute approximate surface area is 236 Å². The molecule has 1 aromatic heterocycles. The maximum atomic E-state index is 12.0. The Morgan fingerprint density at radius 3 is 2.03 bits per heavy atom. The summed E-state index contributed by atoms with van der Waals surface area (Å²) in [5.41, 5.74) is 0.765. The highest BCUT2D eigenvalue weighted by molar-refractivity contribution is 5.67. The zero-order valence-corrected chi connectivity index (χ0v) is 24.3. The Bertz CT molecular complexity index is 749. The second-order valence-corrected chi connectivity index (χ2v) is 10.8. The molecule has 1 aliphatic rings. The Hall–Kier alpha value is -2.35. The van der Waals surface area contributed by atoms with Crippen molar-refractivity contribution < 1.29 is 23.8 Å². The summed E-state index contributed by atoms with van der Waals surface area (Å²) in [4.78, 5) is 28.0. The lowest BCUT2D eigenvalue weighted by atomic mass is 10.0. The van der Waals surface area contributed by atoms with Crippen molar-refractivity contribution in [3.8, 4) is 0 Å².